The van der Waals surface area contributed by atoms with Crippen LogP contribution in [0, 0.1) is 10.1 Å². The molecule has 78 valence electrons. The smallest absolute Gasteiger partial charge is 0.157 e. The molecule has 4 nitrogen and oxygen atoms in total. The molecule has 0 rings (SSSR count). The van der Waals surface area contributed by atoms with E-state index in [0.717, 1.165) is 12.8 Å². The molecule has 0 aliphatic heterocycles. The fourth-order valence-electron chi connectivity index (χ4n) is 1.25. The second-order valence-corrected chi connectivity index (χ2v) is 3.29. The lowest BCUT2D eigenvalue weighted by Crippen LogP contribution is -2.22. The van der Waals surface area contributed by atoms with E-state index < -0.39 is 5.03 Å². The quantitative estimate of drug-likeness (QED) is 0.343. The largest absolute Gasteiger partial charge is 0.235 e. The molecule has 0 heterocycles. The Bertz CT molecular complexity index is 129. The number of hydrogen-bond donors (Lipinski definition) is 1. The van der Waals surface area contributed by atoms with Crippen molar-refractivity contribution in [3.05, 3.63) is 10.1 Å². The number of hydrogen-bond acceptors (Lipinski definition) is 2. The van der Waals surface area contributed by atoms with Crippen molar-refractivity contribution in [2.75, 3.05) is 6.54 Å². The number of nitrogens with zero attached hydrogens (tertiary/aromatic N) is 1. The SMILES string of the molecule is CCCCCCCCCN[N+](=O)[O-]. The first-order valence-corrected chi connectivity index (χ1v) is 5.15. The van der Waals surface area contributed by atoms with E-state index in [1.54, 1.807) is 0 Å². The van der Waals surface area contributed by atoms with Crippen molar-refractivity contribution in [2.45, 2.75) is 51.9 Å². The van der Waals surface area contributed by atoms with Gasteiger partial charge >= 0.3 is 0 Å². The fourth-order valence-corrected chi connectivity index (χ4v) is 1.25. The number of nitrogens with one attached hydrogen (secondary N) is 1. The minimum atomic E-state index is -0.475. The number of rotatable bonds is 9. The van der Waals surface area contributed by atoms with E-state index in [9.17, 15) is 10.1 Å². The monoisotopic (exact) mass is 188 g/mol. The fraction of sp³-hybridized carbons (Fsp3) is 1.00. The summed E-state index contributed by atoms with van der Waals surface area (Å²) in [6.45, 7) is 2.70. The van der Waals surface area contributed by atoms with E-state index >= 15 is 0 Å². The first-order chi connectivity index (χ1) is 6.27. The van der Waals surface area contributed by atoms with E-state index in [-0.39, 0.29) is 0 Å². The molecule has 0 amide bonds. The molecule has 0 saturated carbocycles. The molecule has 0 aliphatic rings. The van der Waals surface area contributed by atoms with Gasteiger partial charge in [-0.05, 0) is 6.42 Å². The second-order valence-electron chi connectivity index (χ2n) is 3.29. The average molecular weight is 188 g/mol. The zero-order valence-corrected chi connectivity index (χ0v) is 8.42. The predicted octanol–water partition coefficient (Wildman–Crippen LogP) is 2.52. The van der Waals surface area contributed by atoms with E-state index in [1.165, 1.54) is 32.1 Å². The van der Waals surface area contributed by atoms with Gasteiger partial charge in [0.1, 0.15) is 0 Å². The maximum atomic E-state index is 9.87. The summed E-state index contributed by atoms with van der Waals surface area (Å²) in [6, 6.07) is 0. The summed E-state index contributed by atoms with van der Waals surface area (Å²) in [7, 11) is 0. The number of hydrazine groups is 1. The first-order valence-electron chi connectivity index (χ1n) is 5.15. The zero-order chi connectivity index (χ0) is 9.94. The number of unbranched alkanes of at least 4 members (excludes halogenated alkanes) is 6. The Morgan fingerprint density at radius 1 is 1.08 bits per heavy atom. The molecular weight excluding hydrogens is 168 g/mol. The molecule has 0 aromatic rings. The minimum absolute atomic E-state index is 0.475. The molecule has 0 unspecified atom stereocenters. The zero-order valence-electron chi connectivity index (χ0n) is 8.42. The Morgan fingerprint density at radius 3 is 2.15 bits per heavy atom. The summed E-state index contributed by atoms with van der Waals surface area (Å²) >= 11 is 0. The van der Waals surface area contributed by atoms with E-state index in [0.29, 0.717) is 6.54 Å². The molecule has 13 heavy (non-hydrogen) atoms. The highest BCUT2D eigenvalue weighted by Crippen LogP contribution is 2.05. The third kappa shape index (κ3) is 11.2. The van der Waals surface area contributed by atoms with Gasteiger partial charge in [-0.2, -0.15) is 0 Å². The third-order valence-electron chi connectivity index (χ3n) is 2.02. The summed E-state index contributed by atoms with van der Waals surface area (Å²) < 4.78 is 0. The van der Waals surface area contributed by atoms with Gasteiger partial charge in [-0.25, -0.2) is 10.1 Å². The van der Waals surface area contributed by atoms with Gasteiger partial charge in [0, 0.05) is 0 Å². The van der Waals surface area contributed by atoms with Crippen LogP contribution in [0.2, 0.25) is 0 Å². The molecule has 1 N–H and O–H groups in total. The van der Waals surface area contributed by atoms with E-state index in [2.05, 4.69) is 12.3 Å². The minimum Gasteiger partial charge on any atom is -0.235 e. The van der Waals surface area contributed by atoms with Crippen LogP contribution in [0.3, 0.4) is 0 Å². The molecule has 4 heteroatoms. The lowest BCUT2D eigenvalue weighted by molar-refractivity contribution is -0.544. The molecule has 0 fully saturated rings. The van der Waals surface area contributed by atoms with Gasteiger partial charge in [0.2, 0.25) is 0 Å². The summed E-state index contributed by atoms with van der Waals surface area (Å²) in [5.74, 6) is 0. The van der Waals surface area contributed by atoms with Gasteiger partial charge in [-0.1, -0.05) is 45.4 Å². The van der Waals surface area contributed by atoms with Crippen molar-refractivity contribution in [3.63, 3.8) is 0 Å². The molecule has 0 radical (unpaired) electrons. The molecule has 0 aliphatic carbocycles. The van der Waals surface area contributed by atoms with Crippen molar-refractivity contribution in [3.8, 4) is 0 Å². The highest BCUT2D eigenvalue weighted by atomic mass is 16.7. The Hall–Kier alpha value is -0.800. The molecule has 0 atom stereocenters. The van der Waals surface area contributed by atoms with Gasteiger partial charge in [0.25, 0.3) is 0 Å². The highest BCUT2D eigenvalue weighted by Gasteiger charge is 1.93. The Morgan fingerprint density at radius 2 is 1.62 bits per heavy atom. The maximum absolute atomic E-state index is 9.87. The number of nitro groups is 1. The standard InChI is InChI=1S/C9H20N2O2/c1-2-3-4-5-6-7-8-9-10-11(12)13/h10H,2-9H2,1H3. The lowest BCUT2D eigenvalue weighted by Gasteiger charge is -1.99. The summed E-state index contributed by atoms with van der Waals surface area (Å²) in [5.41, 5.74) is 2.17. The summed E-state index contributed by atoms with van der Waals surface area (Å²) in [4.78, 5) is 9.87. The summed E-state index contributed by atoms with van der Waals surface area (Å²) in [5, 5.41) is 9.39. The van der Waals surface area contributed by atoms with Gasteiger partial charge in [0.05, 0.1) is 6.54 Å². The molecule has 0 aromatic carbocycles. The van der Waals surface area contributed by atoms with Crippen LogP contribution in [-0.2, 0) is 0 Å². The van der Waals surface area contributed by atoms with E-state index in [1.807, 2.05) is 0 Å². The Balaban J connectivity index is 2.87. The van der Waals surface area contributed by atoms with Crippen molar-refractivity contribution in [1.29, 1.82) is 0 Å². The van der Waals surface area contributed by atoms with Crippen molar-refractivity contribution in [2.24, 2.45) is 0 Å². The van der Waals surface area contributed by atoms with Crippen LogP contribution in [0.25, 0.3) is 0 Å². The normalized spacial score (nSPS) is 9.92. The topological polar surface area (TPSA) is 55.2 Å². The van der Waals surface area contributed by atoms with E-state index in [4.69, 9.17) is 0 Å². The van der Waals surface area contributed by atoms with Crippen LogP contribution in [0.1, 0.15) is 51.9 Å². The maximum Gasteiger partial charge on any atom is 0.157 e. The average Bonchev–Trinajstić information content (AvgIpc) is 2.09. The lowest BCUT2D eigenvalue weighted by atomic mass is 10.1. The van der Waals surface area contributed by atoms with Crippen LogP contribution < -0.4 is 5.43 Å². The second kappa shape index (κ2) is 9.29. The molecule has 0 aromatic heterocycles. The van der Waals surface area contributed by atoms with Crippen molar-refractivity contribution < 1.29 is 5.03 Å². The molecule has 0 saturated heterocycles. The summed E-state index contributed by atoms with van der Waals surface area (Å²) in [6.07, 6.45) is 8.37. The van der Waals surface area contributed by atoms with Crippen molar-refractivity contribution in [1.82, 2.24) is 5.43 Å². The van der Waals surface area contributed by atoms with Crippen LogP contribution in [-0.4, -0.2) is 11.6 Å². The van der Waals surface area contributed by atoms with Crippen LogP contribution in [0.15, 0.2) is 0 Å². The van der Waals surface area contributed by atoms with Crippen LogP contribution in [0.5, 0.6) is 0 Å². The van der Waals surface area contributed by atoms with Crippen LogP contribution in [0.4, 0.5) is 0 Å². The van der Waals surface area contributed by atoms with Crippen molar-refractivity contribution >= 4 is 0 Å². The first kappa shape index (κ1) is 12.2. The third-order valence-corrected chi connectivity index (χ3v) is 2.02. The van der Waals surface area contributed by atoms with Gasteiger partial charge in [-0.15, -0.1) is 5.43 Å². The predicted molar refractivity (Wildman–Crippen MR) is 53.0 cm³/mol. The Labute approximate surface area is 79.8 Å². The molecule has 0 bridgehead atoms. The molecule has 0 spiro atoms. The van der Waals surface area contributed by atoms with Crippen LogP contribution >= 0.6 is 0 Å². The molecular formula is C9H20N2O2. The Kier molecular flexibility index (Phi) is 8.72. The van der Waals surface area contributed by atoms with Gasteiger partial charge < -0.3 is 0 Å². The van der Waals surface area contributed by atoms with Gasteiger partial charge in [0.15, 0.2) is 5.03 Å². The highest BCUT2D eigenvalue weighted by molar-refractivity contribution is 4.45. The van der Waals surface area contributed by atoms with Gasteiger partial charge in [-0.3, -0.25) is 0 Å².